The summed E-state index contributed by atoms with van der Waals surface area (Å²) in [7, 11) is -3.73. The highest BCUT2D eigenvalue weighted by molar-refractivity contribution is 7.89. The number of ether oxygens (including phenoxy) is 1. The van der Waals surface area contributed by atoms with Gasteiger partial charge in [-0.05, 0) is 29.8 Å². The van der Waals surface area contributed by atoms with Gasteiger partial charge in [-0.3, -0.25) is 0 Å². The van der Waals surface area contributed by atoms with Crippen LogP contribution in [0, 0.1) is 11.3 Å². The number of sulfonamides is 1. The fourth-order valence-electron chi connectivity index (χ4n) is 2.70. The predicted molar refractivity (Wildman–Crippen MR) is 94.7 cm³/mol. The van der Waals surface area contributed by atoms with E-state index in [4.69, 9.17) is 10.00 Å². The van der Waals surface area contributed by atoms with Crippen LogP contribution in [0.3, 0.4) is 0 Å². The van der Waals surface area contributed by atoms with Gasteiger partial charge in [-0.15, -0.1) is 0 Å². The van der Waals surface area contributed by atoms with E-state index in [1.54, 1.807) is 12.1 Å². The summed E-state index contributed by atoms with van der Waals surface area (Å²) in [6.45, 7) is 3.33. The largest absolute Gasteiger partial charge is 0.378 e. The highest BCUT2D eigenvalue weighted by Crippen LogP contribution is 2.18. The Hall–Kier alpha value is -2.40. The number of rotatable bonds is 5. The monoisotopic (exact) mass is 357 g/mol. The molecule has 1 saturated heterocycles. The summed E-state index contributed by atoms with van der Waals surface area (Å²) < 4.78 is 32.7. The molecule has 1 fully saturated rings. The second-order valence-electron chi connectivity index (χ2n) is 5.70. The minimum absolute atomic E-state index is 0.00226. The Balaban J connectivity index is 1.67. The Labute approximate surface area is 147 Å². The van der Waals surface area contributed by atoms with Crippen molar-refractivity contribution in [2.45, 2.75) is 11.4 Å². The molecule has 0 unspecified atom stereocenters. The zero-order chi connectivity index (χ0) is 17.7. The van der Waals surface area contributed by atoms with Crippen LogP contribution in [0.4, 0.5) is 5.69 Å². The lowest BCUT2D eigenvalue weighted by Gasteiger charge is -2.28. The molecule has 0 radical (unpaired) electrons. The molecule has 25 heavy (non-hydrogen) atoms. The SMILES string of the molecule is N#Cc1ccccc1S(=O)(=O)NCc1ccc(N2CCOCC2)cc1. The van der Waals surface area contributed by atoms with Crippen molar-refractivity contribution in [3.8, 4) is 6.07 Å². The third kappa shape index (κ3) is 4.17. The van der Waals surface area contributed by atoms with Crippen LogP contribution in [-0.2, 0) is 21.3 Å². The number of anilines is 1. The molecule has 0 saturated carbocycles. The minimum Gasteiger partial charge on any atom is -0.378 e. The molecular formula is C18H19N3O3S. The summed E-state index contributed by atoms with van der Waals surface area (Å²) in [5.41, 5.74) is 2.09. The first-order chi connectivity index (χ1) is 12.1. The van der Waals surface area contributed by atoms with Gasteiger partial charge in [0.05, 0.1) is 23.7 Å². The average Bonchev–Trinajstić information content (AvgIpc) is 2.67. The highest BCUT2D eigenvalue weighted by Gasteiger charge is 2.18. The van der Waals surface area contributed by atoms with Crippen LogP contribution in [0.2, 0.25) is 0 Å². The molecule has 6 nitrogen and oxygen atoms in total. The third-order valence-electron chi connectivity index (χ3n) is 4.08. The Bertz CT molecular complexity index is 867. The lowest BCUT2D eigenvalue weighted by atomic mass is 10.2. The van der Waals surface area contributed by atoms with Crippen LogP contribution in [0.15, 0.2) is 53.4 Å². The molecule has 0 bridgehead atoms. The van der Waals surface area contributed by atoms with Gasteiger partial charge in [0.2, 0.25) is 10.0 Å². The maximum atomic E-state index is 12.4. The van der Waals surface area contributed by atoms with Crippen LogP contribution in [-0.4, -0.2) is 34.7 Å². The average molecular weight is 357 g/mol. The topological polar surface area (TPSA) is 82.4 Å². The van der Waals surface area contributed by atoms with Crippen molar-refractivity contribution in [3.63, 3.8) is 0 Å². The molecule has 130 valence electrons. The fourth-order valence-corrected chi connectivity index (χ4v) is 3.87. The Morgan fingerprint density at radius 3 is 2.44 bits per heavy atom. The number of hydrogen-bond acceptors (Lipinski definition) is 5. The fraction of sp³-hybridized carbons (Fsp3) is 0.278. The molecule has 2 aromatic carbocycles. The van der Waals surface area contributed by atoms with Crippen molar-refractivity contribution in [3.05, 3.63) is 59.7 Å². The molecular weight excluding hydrogens is 338 g/mol. The smallest absolute Gasteiger partial charge is 0.242 e. The van der Waals surface area contributed by atoms with Crippen LogP contribution >= 0.6 is 0 Å². The van der Waals surface area contributed by atoms with E-state index in [-0.39, 0.29) is 17.0 Å². The van der Waals surface area contributed by atoms with Gasteiger partial charge in [0.25, 0.3) is 0 Å². The van der Waals surface area contributed by atoms with E-state index >= 15 is 0 Å². The van der Waals surface area contributed by atoms with E-state index in [2.05, 4.69) is 9.62 Å². The summed E-state index contributed by atoms with van der Waals surface area (Å²) in [6, 6.07) is 15.9. The van der Waals surface area contributed by atoms with Crippen molar-refractivity contribution in [2.75, 3.05) is 31.2 Å². The Morgan fingerprint density at radius 2 is 1.76 bits per heavy atom. The normalized spacial score (nSPS) is 14.9. The maximum Gasteiger partial charge on any atom is 0.242 e. The van der Waals surface area contributed by atoms with Crippen molar-refractivity contribution in [1.82, 2.24) is 4.72 Å². The molecule has 0 aliphatic carbocycles. The van der Waals surface area contributed by atoms with Crippen LogP contribution in [0.5, 0.6) is 0 Å². The van der Waals surface area contributed by atoms with Gasteiger partial charge < -0.3 is 9.64 Å². The number of nitriles is 1. The van der Waals surface area contributed by atoms with E-state index in [1.165, 1.54) is 12.1 Å². The summed E-state index contributed by atoms with van der Waals surface area (Å²) >= 11 is 0. The standard InChI is InChI=1S/C18H19N3O3S/c19-13-16-3-1-2-4-18(16)25(22,23)20-14-15-5-7-17(8-6-15)21-9-11-24-12-10-21/h1-8,20H,9-12,14H2. The van der Waals surface area contributed by atoms with Gasteiger partial charge in [-0.25, -0.2) is 13.1 Å². The molecule has 2 aromatic rings. The van der Waals surface area contributed by atoms with E-state index in [0.717, 1.165) is 37.6 Å². The minimum atomic E-state index is -3.73. The maximum absolute atomic E-state index is 12.4. The second kappa shape index (κ2) is 7.66. The molecule has 1 aliphatic heterocycles. The molecule has 7 heteroatoms. The quantitative estimate of drug-likeness (QED) is 0.883. The molecule has 0 atom stereocenters. The summed E-state index contributed by atoms with van der Waals surface area (Å²) in [6.07, 6.45) is 0. The Morgan fingerprint density at radius 1 is 1.08 bits per heavy atom. The van der Waals surface area contributed by atoms with Crippen molar-refractivity contribution in [2.24, 2.45) is 0 Å². The van der Waals surface area contributed by atoms with E-state index in [1.807, 2.05) is 30.3 Å². The summed E-state index contributed by atoms with van der Waals surface area (Å²) in [4.78, 5) is 2.24. The first kappa shape index (κ1) is 17.4. The lowest BCUT2D eigenvalue weighted by Crippen LogP contribution is -2.36. The van der Waals surface area contributed by atoms with E-state index in [0.29, 0.717) is 0 Å². The zero-order valence-corrected chi connectivity index (χ0v) is 14.5. The van der Waals surface area contributed by atoms with Gasteiger partial charge in [0, 0.05) is 25.3 Å². The molecule has 1 aliphatic rings. The van der Waals surface area contributed by atoms with Gasteiger partial charge in [0.1, 0.15) is 6.07 Å². The van der Waals surface area contributed by atoms with Gasteiger partial charge in [0.15, 0.2) is 0 Å². The third-order valence-corrected chi connectivity index (χ3v) is 5.54. The molecule has 3 rings (SSSR count). The van der Waals surface area contributed by atoms with E-state index in [9.17, 15) is 8.42 Å². The second-order valence-corrected chi connectivity index (χ2v) is 7.43. The van der Waals surface area contributed by atoms with Crippen LogP contribution < -0.4 is 9.62 Å². The summed E-state index contributed by atoms with van der Waals surface area (Å²) in [5.74, 6) is 0. The molecule has 0 amide bonds. The van der Waals surface area contributed by atoms with Gasteiger partial charge in [-0.2, -0.15) is 5.26 Å². The summed E-state index contributed by atoms with van der Waals surface area (Å²) in [5, 5.41) is 9.07. The lowest BCUT2D eigenvalue weighted by molar-refractivity contribution is 0.122. The number of benzene rings is 2. The number of nitrogens with zero attached hydrogens (tertiary/aromatic N) is 2. The Kier molecular flexibility index (Phi) is 5.34. The van der Waals surface area contributed by atoms with Crippen molar-refractivity contribution in [1.29, 1.82) is 5.26 Å². The number of nitrogens with one attached hydrogen (secondary N) is 1. The first-order valence-corrected chi connectivity index (χ1v) is 9.49. The van der Waals surface area contributed by atoms with E-state index < -0.39 is 10.0 Å². The first-order valence-electron chi connectivity index (χ1n) is 8.00. The van der Waals surface area contributed by atoms with Gasteiger partial charge >= 0.3 is 0 Å². The van der Waals surface area contributed by atoms with Crippen LogP contribution in [0.25, 0.3) is 0 Å². The zero-order valence-electron chi connectivity index (χ0n) is 13.7. The number of morpholine rings is 1. The molecule has 1 heterocycles. The van der Waals surface area contributed by atoms with Gasteiger partial charge in [-0.1, -0.05) is 24.3 Å². The highest BCUT2D eigenvalue weighted by atomic mass is 32.2. The van der Waals surface area contributed by atoms with Crippen molar-refractivity contribution >= 4 is 15.7 Å². The molecule has 0 aromatic heterocycles. The number of hydrogen-bond donors (Lipinski definition) is 1. The van der Waals surface area contributed by atoms with Crippen LogP contribution in [0.1, 0.15) is 11.1 Å². The van der Waals surface area contributed by atoms with Crippen molar-refractivity contribution < 1.29 is 13.2 Å². The molecule has 1 N–H and O–H groups in total. The molecule has 0 spiro atoms. The predicted octanol–water partition coefficient (Wildman–Crippen LogP) is 1.87.